The van der Waals surface area contributed by atoms with Crippen LogP contribution in [0.4, 0.5) is 0 Å². The smallest absolute Gasteiger partial charge is 0.164 e. The van der Waals surface area contributed by atoms with Crippen LogP contribution in [0.3, 0.4) is 0 Å². The van der Waals surface area contributed by atoms with Gasteiger partial charge in [-0.25, -0.2) is 0 Å². The summed E-state index contributed by atoms with van der Waals surface area (Å²) < 4.78 is 5.71. The first-order chi connectivity index (χ1) is 8.18. The van der Waals surface area contributed by atoms with E-state index in [-0.39, 0.29) is 5.78 Å². The molecule has 1 aromatic rings. The fourth-order valence-electron chi connectivity index (χ4n) is 2.12. The van der Waals surface area contributed by atoms with E-state index < -0.39 is 5.60 Å². The Morgan fingerprint density at radius 1 is 1.35 bits per heavy atom. The molecule has 3 heteroatoms. The minimum absolute atomic E-state index is 0.248. The Morgan fingerprint density at radius 3 is 2.53 bits per heavy atom. The van der Waals surface area contributed by atoms with E-state index in [9.17, 15) is 4.79 Å². The number of ketones is 1. The van der Waals surface area contributed by atoms with Crippen molar-refractivity contribution < 1.29 is 9.53 Å². The topological polar surface area (TPSA) is 26.3 Å². The number of rotatable bonds is 8. The lowest BCUT2D eigenvalue weighted by atomic mass is 9.89. The lowest BCUT2D eigenvalue weighted by Gasteiger charge is -2.29. The Labute approximate surface area is 108 Å². The Morgan fingerprint density at radius 2 is 2.06 bits per heavy atom. The fourth-order valence-corrected chi connectivity index (χ4v) is 2.83. The fraction of sp³-hybridized carbons (Fsp3) is 0.643. The van der Waals surface area contributed by atoms with Crippen LogP contribution in [0.2, 0.25) is 0 Å². The van der Waals surface area contributed by atoms with Crippen LogP contribution in [0.1, 0.15) is 44.9 Å². The van der Waals surface area contributed by atoms with Crippen LogP contribution in [0.15, 0.2) is 17.5 Å². The zero-order chi connectivity index (χ0) is 12.7. The van der Waals surface area contributed by atoms with Gasteiger partial charge in [0, 0.05) is 17.9 Å². The Bertz CT molecular complexity index is 326. The molecule has 0 fully saturated rings. The molecular formula is C14H22O2S. The van der Waals surface area contributed by atoms with Crippen molar-refractivity contribution in [3.05, 3.63) is 22.4 Å². The van der Waals surface area contributed by atoms with Crippen molar-refractivity contribution in [2.24, 2.45) is 0 Å². The third kappa shape index (κ3) is 3.65. The van der Waals surface area contributed by atoms with Gasteiger partial charge in [-0.1, -0.05) is 19.9 Å². The molecule has 0 aliphatic carbocycles. The summed E-state index contributed by atoms with van der Waals surface area (Å²) in [5, 5.41) is 2.05. The van der Waals surface area contributed by atoms with Gasteiger partial charge in [0.25, 0.3) is 0 Å². The van der Waals surface area contributed by atoms with Crippen LogP contribution in [0.25, 0.3) is 0 Å². The number of Topliss-reactive ketones (excluding diaryl/α,β-unsaturated/α-hetero) is 1. The summed E-state index contributed by atoms with van der Waals surface area (Å²) in [4.78, 5) is 13.6. The summed E-state index contributed by atoms with van der Waals surface area (Å²) in [5.41, 5.74) is -0.550. The van der Waals surface area contributed by atoms with Gasteiger partial charge in [0.2, 0.25) is 0 Å². The molecule has 0 aliphatic heterocycles. The molecule has 1 rings (SSSR count). The maximum absolute atomic E-state index is 12.3. The molecule has 0 N–H and O–H groups in total. The van der Waals surface area contributed by atoms with Crippen molar-refractivity contribution in [1.82, 2.24) is 0 Å². The van der Waals surface area contributed by atoms with Crippen molar-refractivity contribution in [1.29, 1.82) is 0 Å². The molecule has 0 aliphatic rings. The highest BCUT2D eigenvalue weighted by atomic mass is 32.1. The van der Waals surface area contributed by atoms with E-state index in [1.165, 1.54) is 4.88 Å². The van der Waals surface area contributed by atoms with E-state index in [2.05, 4.69) is 11.4 Å². The van der Waals surface area contributed by atoms with Gasteiger partial charge >= 0.3 is 0 Å². The molecule has 0 amide bonds. The van der Waals surface area contributed by atoms with E-state index in [0.717, 1.165) is 19.3 Å². The number of hydrogen-bond donors (Lipinski definition) is 0. The summed E-state index contributed by atoms with van der Waals surface area (Å²) in [6.45, 7) is 6.61. The molecule has 0 aromatic carbocycles. The predicted molar refractivity (Wildman–Crippen MR) is 72.6 cm³/mol. The number of aryl methyl sites for hydroxylation is 1. The van der Waals surface area contributed by atoms with Gasteiger partial charge in [0.1, 0.15) is 5.60 Å². The van der Waals surface area contributed by atoms with Crippen molar-refractivity contribution in [3.63, 3.8) is 0 Å². The molecule has 0 atom stereocenters. The van der Waals surface area contributed by atoms with Crippen LogP contribution in [0.5, 0.6) is 0 Å². The number of ether oxygens (including phenoxy) is 1. The number of carbonyl (C=O) groups is 1. The maximum Gasteiger partial charge on any atom is 0.164 e. The SMILES string of the molecule is CCOC(CC)(CC)C(=O)CCc1cccs1. The average Bonchev–Trinajstić information content (AvgIpc) is 2.86. The highest BCUT2D eigenvalue weighted by Gasteiger charge is 2.34. The van der Waals surface area contributed by atoms with Gasteiger partial charge in [-0.3, -0.25) is 4.79 Å². The third-order valence-electron chi connectivity index (χ3n) is 3.25. The second-order valence-electron chi connectivity index (χ2n) is 4.14. The number of hydrogen-bond acceptors (Lipinski definition) is 3. The third-order valence-corrected chi connectivity index (χ3v) is 4.19. The maximum atomic E-state index is 12.3. The van der Waals surface area contributed by atoms with Crippen molar-refractivity contribution in [3.8, 4) is 0 Å². The zero-order valence-corrected chi connectivity index (χ0v) is 11.8. The highest BCUT2D eigenvalue weighted by molar-refractivity contribution is 7.09. The van der Waals surface area contributed by atoms with E-state index in [1.54, 1.807) is 11.3 Å². The van der Waals surface area contributed by atoms with Crippen LogP contribution in [-0.4, -0.2) is 18.0 Å². The summed E-state index contributed by atoms with van der Waals surface area (Å²) >= 11 is 1.71. The lowest BCUT2D eigenvalue weighted by Crippen LogP contribution is -2.40. The monoisotopic (exact) mass is 254 g/mol. The molecule has 1 aromatic heterocycles. The van der Waals surface area contributed by atoms with Crippen molar-refractivity contribution in [2.45, 2.75) is 52.1 Å². The Balaban J connectivity index is 2.59. The van der Waals surface area contributed by atoms with Crippen LogP contribution in [-0.2, 0) is 16.0 Å². The molecule has 0 bridgehead atoms. The minimum atomic E-state index is -0.550. The van der Waals surface area contributed by atoms with Crippen molar-refractivity contribution in [2.75, 3.05) is 6.61 Å². The lowest BCUT2D eigenvalue weighted by molar-refractivity contribution is -0.145. The summed E-state index contributed by atoms with van der Waals surface area (Å²) in [6.07, 6.45) is 2.95. The largest absolute Gasteiger partial charge is 0.368 e. The number of carbonyl (C=O) groups excluding carboxylic acids is 1. The molecule has 17 heavy (non-hydrogen) atoms. The van der Waals surface area contributed by atoms with E-state index in [4.69, 9.17) is 4.74 Å². The second kappa shape index (κ2) is 6.92. The molecule has 0 saturated carbocycles. The number of thiophene rings is 1. The molecule has 0 spiro atoms. The molecule has 0 saturated heterocycles. The van der Waals surface area contributed by atoms with Gasteiger partial charge < -0.3 is 4.74 Å². The molecule has 1 heterocycles. The van der Waals surface area contributed by atoms with Crippen LogP contribution < -0.4 is 0 Å². The molecule has 0 radical (unpaired) electrons. The van der Waals surface area contributed by atoms with Gasteiger partial charge in [0.15, 0.2) is 5.78 Å². The predicted octanol–water partition coefficient (Wildman–Crippen LogP) is 3.85. The first-order valence-electron chi connectivity index (χ1n) is 6.38. The molecular weight excluding hydrogens is 232 g/mol. The first kappa shape index (κ1) is 14.4. The van der Waals surface area contributed by atoms with E-state index >= 15 is 0 Å². The van der Waals surface area contributed by atoms with Gasteiger partial charge in [0.05, 0.1) is 0 Å². The van der Waals surface area contributed by atoms with Crippen LogP contribution >= 0.6 is 11.3 Å². The highest BCUT2D eigenvalue weighted by Crippen LogP contribution is 2.24. The summed E-state index contributed by atoms with van der Waals surface area (Å²) in [6, 6.07) is 4.11. The minimum Gasteiger partial charge on any atom is -0.368 e. The quantitative estimate of drug-likeness (QED) is 0.704. The van der Waals surface area contributed by atoms with Crippen molar-refractivity contribution >= 4 is 17.1 Å². The average molecular weight is 254 g/mol. The second-order valence-corrected chi connectivity index (χ2v) is 5.17. The van der Waals surface area contributed by atoms with E-state index in [1.807, 2.05) is 26.8 Å². The van der Waals surface area contributed by atoms with Gasteiger partial charge in [-0.05, 0) is 37.6 Å². The Kier molecular flexibility index (Phi) is 5.86. The normalized spacial score (nSPS) is 11.7. The van der Waals surface area contributed by atoms with Crippen LogP contribution in [0, 0.1) is 0 Å². The summed E-state index contributed by atoms with van der Waals surface area (Å²) in [5.74, 6) is 0.248. The van der Waals surface area contributed by atoms with E-state index in [0.29, 0.717) is 13.0 Å². The summed E-state index contributed by atoms with van der Waals surface area (Å²) in [7, 11) is 0. The standard InChI is InChI=1S/C14H22O2S/c1-4-14(5-2,16-6-3)13(15)10-9-12-8-7-11-17-12/h7-8,11H,4-6,9-10H2,1-3H3. The zero-order valence-electron chi connectivity index (χ0n) is 11.0. The molecule has 96 valence electrons. The molecule has 2 nitrogen and oxygen atoms in total. The van der Waals surface area contributed by atoms with Gasteiger partial charge in [-0.2, -0.15) is 0 Å². The van der Waals surface area contributed by atoms with Gasteiger partial charge in [-0.15, -0.1) is 11.3 Å². The first-order valence-corrected chi connectivity index (χ1v) is 7.26. The Hall–Kier alpha value is -0.670. The molecule has 0 unspecified atom stereocenters.